The largest absolute Gasteiger partial charge is 0.385 e. The molecular formula is C13H20N4. The quantitative estimate of drug-likeness (QED) is 0.673. The number of hydrogen-bond donors (Lipinski definition) is 3. The van der Waals surface area contributed by atoms with Crippen molar-refractivity contribution < 1.29 is 0 Å². The molecule has 0 bridgehead atoms. The number of nitrogens with zero attached hydrogens (tertiary/aromatic N) is 1. The number of hydrogen-bond acceptors (Lipinski definition) is 4. The molecule has 1 aromatic carbocycles. The van der Waals surface area contributed by atoms with Crippen LogP contribution in [0.1, 0.15) is 12.8 Å². The molecule has 1 aliphatic rings. The van der Waals surface area contributed by atoms with E-state index in [0.29, 0.717) is 0 Å². The third-order valence-corrected chi connectivity index (χ3v) is 2.65. The highest BCUT2D eigenvalue weighted by Crippen LogP contribution is 2.04. The second-order valence-electron chi connectivity index (χ2n) is 4.08. The summed E-state index contributed by atoms with van der Waals surface area (Å²) in [4.78, 5) is 4.36. The Labute approximate surface area is 103 Å². The lowest BCUT2D eigenvalue weighted by Crippen LogP contribution is -2.41. The van der Waals surface area contributed by atoms with Crippen molar-refractivity contribution in [2.24, 2.45) is 4.99 Å². The van der Waals surface area contributed by atoms with Crippen molar-refractivity contribution in [2.75, 3.05) is 31.5 Å². The molecule has 0 saturated heterocycles. The molecular weight excluding hydrogens is 212 g/mol. The summed E-state index contributed by atoms with van der Waals surface area (Å²) >= 11 is 0. The Morgan fingerprint density at radius 1 is 1.12 bits per heavy atom. The number of para-hydroxylation sites is 1. The molecule has 0 saturated carbocycles. The Morgan fingerprint density at radius 2 is 1.94 bits per heavy atom. The van der Waals surface area contributed by atoms with Crippen LogP contribution in [0.3, 0.4) is 0 Å². The summed E-state index contributed by atoms with van der Waals surface area (Å²) in [6.45, 7) is 3.90. The van der Waals surface area contributed by atoms with E-state index in [9.17, 15) is 0 Å². The number of benzene rings is 1. The van der Waals surface area contributed by atoms with Gasteiger partial charge in [0.1, 0.15) is 0 Å². The normalized spacial score (nSPS) is 14.7. The van der Waals surface area contributed by atoms with Crippen LogP contribution in [0.25, 0.3) is 0 Å². The van der Waals surface area contributed by atoms with Crippen LogP contribution in [-0.2, 0) is 0 Å². The van der Waals surface area contributed by atoms with Crippen LogP contribution in [0.5, 0.6) is 0 Å². The van der Waals surface area contributed by atoms with E-state index in [4.69, 9.17) is 0 Å². The molecule has 1 aromatic rings. The Balaban J connectivity index is 1.56. The van der Waals surface area contributed by atoms with Gasteiger partial charge in [0, 0.05) is 31.9 Å². The van der Waals surface area contributed by atoms with Crippen LogP contribution < -0.4 is 16.0 Å². The third kappa shape index (κ3) is 4.34. The van der Waals surface area contributed by atoms with E-state index in [1.165, 1.54) is 5.69 Å². The fraction of sp³-hybridized carbons (Fsp3) is 0.462. The Hall–Kier alpha value is -1.71. The summed E-state index contributed by atoms with van der Waals surface area (Å²) in [5.74, 6) is 0.955. The lowest BCUT2D eigenvalue weighted by atomic mass is 10.3. The van der Waals surface area contributed by atoms with Gasteiger partial charge in [0.2, 0.25) is 0 Å². The van der Waals surface area contributed by atoms with Gasteiger partial charge in [-0.2, -0.15) is 0 Å². The van der Waals surface area contributed by atoms with Gasteiger partial charge in [0.05, 0.1) is 0 Å². The summed E-state index contributed by atoms with van der Waals surface area (Å²) in [6, 6.07) is 10.3. The van der Waals surface area contributed by atoms with E-state index in [0.717, 1.165) is 45.0 Å². The molecule has 17 heavy (non-hydrogen) atoms. The van der Waals surface area contributed by atoms with Crippen LogP contribution in [0, 0.1) is 0 Å². The lowest BCUT2D eigenvalue weighted by molar-refractivity contribution is 0.692. The molecule has 1 aliphatic heterocycles. The maximum Gasteiger partial charge on any atom is 0.191 e. The first kappa shape index (κ1) is 11.8. The molecule has 3 N–H and O–H groups in total. The van der Waals surface area contributed by atoms with Gasteiger partial charge >= 0.3 is 0 Å². The minimum Gasteiger partial charge on any atom is -0.385 e. The van der Waals surface area contributed by atoms with Gasteiger partial charge in [-0.05, 0) is 25.0 Å². The predicted molar refractivity (Wildman–Crippen MR) is 72.5 cm³/mol. The average molecular weight is 232 g/mol. The third-order valence-electron chi connectivity index (χ3n) is 2.65. The van der Waals surface area contributed by atoms with Crippen LogP contribution >= 0.6 is 0 Å². The molecule has 2 rings (SSSR count). The SMILES string of the molecule is c1ccc(NCCCNC2=NCCCN2)cc1. The van der Waals surface area contributed by atoms with Crippen molar-refractivity contribution in [1.82, 2.24) is 10.6 Å². The van der Waals surface area contributed by atoms with E-state index < -0.39 is 0 Å². The minimum atomic E-state index is 0.942. The van der Waals surface area contributed by atoms with Gasteiger partial charge in [0.25, 0.3) is 0 Å². The molecule has 4 nitrogen and oxygen atoms in total. The number of rotatable bonds is 5. The summed E-state index contributed by atoms with van der Waals surface area (Å²) < 4.78 is 0. The maximum absolute atomic E-state index is 4.36. The molecule has 0 radical (unpaired) electrons. The zero-order chi connectivity index (χ0) is 11.8. The van der Waals surface area contributed by atoms with E-state index in [-0.39, 0.29) is 0 Å². The van der Waals surface area contributed by atoms with Crippen molar-refractivity contribution in [2.45, 2.75) is 12.8 Å². The topological polar surface area (TPSA) is 48.5 Å². The first-order chi connectivity index (χ1) is 8.45. The van der Waals surface area contributed by atoms with Gasteiger partial charge in [0.15, 0.2) is 5.96 Å². The molecule has 0 fully saturated rings. The predicted octanol–water partition coefficient (Wildman–Crippen LogP) is 1.43. The molecule has 0 spiro atoms. The van der Waals surface area contributed by atoms with Gasteiger partial charge in [-0.1, -0.05) is 18.2 Å². The molecule has 0 atom stereocenters. The van der Waals surface area contributed by atoms with E-state index in [1.807, 2.05) is 18.2 Å². The van der Waals surface area contributed by atoms with E-state index >= 15 is 0 Å². The van der Waals surface area contributed by atoms with Crippen molar-refractivity contribution in [3.63, 3.8) is 0 Å². The molecule has 0 aromatic heterocycles. The highest BCUT2D eigenvalue weighted by molar-refractivity contribution is 5.80. The number of anilines is 1. The molecule has 0 amide bonds. The van der Waals surface area contributed by atoms with Crippen molar-refractivity contribution in [3.8, 4) is 0 Å². The molecule has 0 unspecified atom stereocenters. The Bertz CT molecular complexity index is 348. The Morgan fingerprint density at radius 3 is 2.71 bits per heavy atom. The molecule has 1 heterocycles. The van der Waals surface area contributed by atoms with Gasteiger partial charge < -0.3 is 16.0 Å². The summed E-state index contributed by atoms with van der Waals surface area (Å²) in [5, 5.41) is 9.94. The highest BCUT2D eigenvalue weighted by atomic mass is 15.2. The van der Waals surface area contributed by atoms with Crippen LogP contribution in [-0.4, -0.2) is 32.1 Å². The number of nitrogens with one attached hydrogen (secondary N) is 3. The Kier molecular flexibility index (Phi) is 4.69. The van der Waals surface area contributed by atoms with Crippen LogP contribution in [0.2, 0.25) is 0 Å². The first-order valence-corrected chi connectivity index (χ1v) is 6.26. The van der Waals surface area contributed by atoms with Crippen molar-refractivity contribution in [1.29, 1.82) is 0 Å². The van der Waals surface area contributed by atoms with Gasteiger partial charge in [-0.3, -0.25) is 4.99 Å². The maximum atomic E-state index is 4.36. The lowest BCUT2D eigenvalue weighted by Gasteiger charge is -2.16. The smallest absolute Gasteiger partial charge is 0.191 e. The zero-order valence-electron chi connectivity index (χ0n) is 10.1. The number of guanidine groups is 1. The summed E-state index contributed by atoms with van der Waals surface area (Å²) in [5.41, 5.74) is 1.18. The van der Waals surface area contributed by atoms with Crippen molar-refractivity contribution >= 4 is 11.6 Å². The van der Waals surface area contributed by atoms with Crippen molar-refractivity contribution in [3.05, 3.63) is 30.3 Å². The molecule has 92 valence electrons. The summed E-state index contributed by atoms with van der Waals surface area (Å²) in [7, 11) is 0. The minimum absolute atomic E-state index is 0.942. The average Bonchev–Trinajstić information content (AvgIpc) is 2.41. The fourth-order valence-electron chi connectivity index (χ4n) is 1.73. The fourth-order valence-corrected chi connectivity index (χ4v) is 1.73. The molecule has 0 aliphatic carbocycles. The first-order valence-electron chi connectivity index (χ1n) is 6.26. The molecule has 4 heteroatoms. The highest BCUT2D eigenvalue weighted by Gasteiger charge is 2.01. The van der Waals surface area contributed by atoms with E-state index in [1.54, 1.807) is 0 Å². The van der Waals surface area contributed by atoms with Crippen LogP contribution in [0.15, 0.2) is 35.3 Å². The van der Waals surface area contributed by atoms with Gasteiger partial charge in [-0.25, -0.2) is 0 Å². The standard InChI is InChI=1S/C13H20N4/c1-2-6-12(7-3-1)14-8-4-9-15-13-16-10-5-11-17-13/h1-3,6-7,14H,4-5,8-11H2,(H2,15,16,17). The van der Waals surface area contributed by atoms with Crippen LogP contribution in [0.4, 0.5) is 5.69 Å². The van der Waals surface area contributed by atoms with Gasteiger partial charge in [-0.15, -0.1) is 0 Å². The summed E-state index contributed by atoms with van der Waals surface area (Å²) in [6.07, 6.45) is 2.22. The second-order valence-corrected chi connectivity index (χ2v) is 4.08. The monoisotopic (exact) mass is 232 g/mol. The second kappa shape index (κ2) is 6.78. The number of aliphatic imine (C=N–C) groups is 1. The zero-order valence-corrected chi connectivity index (χ0v) is 10.1. The van der Waals surface area contributed by atoms with E-state index in [2.05, 4.69) is 33.1 Å².